The fourth-order valence-corrected chi connectivity index (χ4v) is 2.28. The van der Waals surface area contributed by atoms with Crippen LogP contribution in [0.25, 0.3) is 0 Å². The Morgan fingerprint density at radius 3 is 2.47 bits per heavy atom. The number of carbonyl (C=O) groups is 1. The molecule has 17 heavy (non-hydrogen) atoms. The van der Waals surface area contributed by atoms with Gasteiger partial charge in [-0.3, -0.25) is 4.79 Å². The third-order valence-corrected chi connectivity index (χ3v) is 4.03. The normalized spacial score (nSPS) is 16.6. The van der Waals surface area contributed by atoms with Crippen LogP contribution in [-0.4, -0.2) is 5.91 Å². The Kier molecular flexibility index (Phi) is 4.21. The van der Waals surface area contributed by atoms with E-state index in [0.29, 0.717) is 12.5 Å². The summed E-state index contributed by atoms with van der Waals surface area (Å²) in [5.74, 6) is 1.000. The number of alkyl halides is 1. The van der Waals surface area contributed by atoms with Gasteiger partial charge in [0.25, 0.3) is 0 Å². The van der Waals surface area contributed by atoms with Gasteiger partial charge in [-0.15, -0.1) is 0 Å². The van der Waals surface area contributed by atoms with Gasteiger partial charge >= 0.3 is 0 Å². The Morgan fingerprint density at radius 2 is 1.94 bits per heavy atom. The minimum atomic E-state index is 0.178. The van der Waals surface area contributed by atoms with Gasteiger partial charge < -0.3 is 5.32 Å². The van der Waals surface area contributed by atoms with E-state index in [1.54, 1.807) is 0 Å². The van der Waals surface area contributed by atoms with E-state index >= 15 is 0 Å². The van der Waals surface area contributed by atoms with Crippen LogP contribution in [-0.2, 0) is 16.7 Å². The Morgan fingerprint density at radius 1 is 1.35 bits per heavy atom. The topological polar surface area (TPSA) is 29.1 Å². The zero-order valence-electron chi connectivity index (χ0n) is 10.1. The number of benzene rings is 1. The van der Waals surface area contributed by atoms with Crippen molar-refractivity contribution in [2.45, 2.75) is 31.6 Å². The van der Waals surface area contributed by atoms with Gasteiger partial charge in [-0.2, -0.15) is 0 Å². The molecule has 0 bridgehead atoms. The van der Waals surface area contributed by atoms with Crippen molar-refractivity contribution in [2.24, 2.45) is 11.8 Å². The second kappa shape index (κ2) is 5.67. The van der Waals surface area contributed by atoms with Crippen molar-refractivity contribution in [2.75, 3.05) is 0 Å². The first-order valence-corrected chi connectivity index (χ1v) is 7.24. The molecule has 2 rings (SSSR count). The molecule has 92 valence electrons. The van der Waals surface area contributed by atoms with Gasteiger partial charge in [0.2, 0.25) is 5.91 Å². The molecule has 1 N–H and O–H groups in total. The Balaban J connectivity index is 1.82. The van der Waals surface area contributed by atoms with Gasteiger partial charge in [0.05, 0.1) is 0 Å². The van der Waals surface area contributed by atoms with Gasteiger partial charge in [0.1, 0.15) is 0 Å². The van der Waals surface area contributed by atoms with Crippen LogP contribution in [0.1, 0.15) is 30.9 Å². The van der Waals surface area contributed by atoms with Crippen molar-refractivity contribution in [1.82, 2.24) is 5.32 Å². The molecular formula is C14H18BrNO. The number of rotatable bonds is 5. The summed E-state index contributed by atoms with van der Waals surface area (Å²) < 4.78 is 0. The summed E-state index contributed by atoms with van der Waals surface area (Å²) in [6.45, 7) is 2.67. The highest BCUT2D eigenvalue weighted by Gasteiger charge is 2.32. The molecule has 1 aliphatic rings. The molecule has 0 saturated heterocycles. The van der Waals surface area contributed by atoms with Crippen molar-refractivity contribution in [3.63, 3.8) is 0 Å². The van der Waals surface area contributed by atoms with Crippen LogP contribution in [0.4, 0.5) is 0 Å². The van der Waals surface area contributed by atoms with Crippen LogP contribution in [0.5, 0.6) is 0 Å². The standard InChI is InChI=1S/C14H18BrNO/c1-10(13-6-7-13)14(17)16-9-12-4-2-11(8-15)3-5-12/h2-5,10,13H,6-9H2,1H3,(H,16,17). The van der Waals surface area contributed by atoms with E-state index in [1.165, 1.54) is 18.4 Å². The molecule has 0 aromatic heterocycles. The van der Waals surface area contributed by atoms with Crippen molar-refractivity contribution < 1.29 is 4.79 Å². The quantitative estimate of drug-likeness (QED) is 0.830. The highest BCUT2D eigenvalue weighted by molar-refractivity contribution is 9.08. The van der Waals surface area contributed by atoms with Gasteiger partial charge in [0, 0.05) is 17.8 Å². The third kappa shape index (κ3) is 3.56. The zero-order chi connectivity index (χ0) is 12.3. The first-order valence-electron chi connectivity index (χ1n) is 6.12. The second-order valence-electron chi connectivity index (χ2n) is 4.79. The predicted molar refractivity (Wildman–Crippen MR) is 72.8 cm³/mol. The second-order valence-corrected chi connectivity index (χ2v) is 5.35. The average molecular weight is 296 g/mol. The van der Waals surface area contributed by atoms with E-state index < -0.39 is 0 Å². The van der Waals surface area contributed by atoms with E-state index in [2.05, 4.69) is 45.5 Å². The van der Waals surface area contributed by atoms with Crippen LogP contribution in [0.3, 0.4) is 0 Å². The maximum Gasteiger partial charge on any atom is 0.223 e. The number of hydrogen-bond donors (Lipinski definition) is 1. The third-order valence-electron chi connectivity index (χ3n) is 3.39. The largest absolute Gasteiger partial charge is 0.352 e. The molecule has 1 aromatic carbocycles. The lowest BCUT2D eigenvalue weighted by Gasteiger charge is -2.11. The summed E-state index contributed by atoms with van der Waals surface area (Å²) in [7, 11) is 0. The van der Waals surface area contributed by atoms with Crippen LogP contribution < -0.4 is 5.32 Å². The van der Waals surface area contributed by atoms with Crippen LogP contribution in [0.15, 0.2) is 24.3 Å². The molecule has 1 unspecified atom stereocenters. The molecule has 1 saturated carbocycles. The fraction of sp³-hybridized carbons (Fsp3) is 0.500. The van der Waals surface area contributed by atoms with Gasteiger partial charge in [0.15, 0.2) is 0 Å². The maximum absolute atomic E-state index is 11.8. The predicted octanol–water partition coefficient (Wildman–Crippen LogP) is 3.24. The minimum absolute atomic E-state index is 0.178. The molecule has 1 aliphatic carbocycles. The number of nitrogens with one attached hydrogen (secondary N) is 1. The van der Waals surface area contributed by atoms with Crippen molar-refractivity contribution in [3.8, 4) is 0 Å². The molecule has 1 amide bonds. The number of amides is 1. The molecule has 0 aliphatic heterocycles. The molecule has 1 aromatic rings. The smallest absolute Gasteiger partial charge is 0.223 e. The number of halogens is 1. The van der Waals surface area contributed by atoms with E-state index in [9.17, 15) is 4.79 Å². The van der Waals surface area contributed by atoms with Crippen LogP contribution in [0.2, 0.25) is 0 Å². The highest BCUT2D eigenvalue weighted by Crippen LogP contribution is 2.36. The van der Waals surface area contributed by atoms with E-state index in [-0.39, 0.29) is 11.8 Å². The highest BCUT2D eigenvalue weighted by atomic mass is 79.9. The Hall–Kier alpha value is -0.830. The summed E-state index contributed by atoms with van der Waals surface area (Å²) in [5, 5.41) is 3.88. The van der Waals surface area contributed by atoms with Crippen LogP contribution in [0, 0.1) is 11.8 Å². The summed E-state index contributed by atoms with van der Waals surface area (Å²) in [4.78, 5) is 11.8. The molecule has 0 heterocycles. The maximum atomic E-state index is 11.8. The molecule has 2 nitrogen and oxygen atoms in total. The minimum Gasteiger partial charge on any atom is -0.352 e. The van der Waals surface area contributed by atoms with E-state index in [4.69, 9.17) is 0 Å². The van der Waals surface area contributed by atoms with Crippen molar-refractivity contribution in [1.29, 1.82) is 0 Å². The summed E-state index contributed by atoms with van der Waals surface area (Å²) >= 11 is 3.42. The Labute approximate surface area is 111 Å². The summed E-state index contributed by atoms with van der Waals surface area (Å²) in [6, 6.07) is 8.30. The van der Waals surface area contributed by atoms with E-state index in [1.807, 2.05) is 6.92 Å². The first-order chi connectivity index (χ1) is 8.20. The van der Waals surface area contributed by atoms with Gasteiger partial charge in [-0.1, -0.05) is 47.1 Å². The lowest BCUT2D eigenvalue weighted by atomic mass is 10.1. The molecule has 1 fully saturated rings. The fourth-order valence-electron chi connectivity index (χ4n) is 1.91. The molecule has 0 radical (unpaired) electrons. The number of hydrogen-bond acceptors (Lipinski definition) is 1. The molecule has 1 atom stereocenters. The lowest BCUT2D eigenvalue weighted by Crippen LogP contribution is -2.29. The summed E-state index contributed by atoms with van der Waals surface area (Å²) in [5.41, 5.74) is 2.41. The van der Waals surface area contributed by atoms with Gasteiger partial charge in [-0.25, -0.2) is 0 Å². The summed E-state index contributed by atoms with van der Waals surface area (Å²) in [6.07, 6.45) is 2.43. The van der Waals surface area contributed by atoms with E-state index in [0.717, 1.165) is 10.9 Å². The molecule has 3 heteroatoms. The van der Waals surface area contributed by atoms with Gasteiger partial charge in [-0.05, 0) is 29.9 Å². The monoisotopic (exact) mass is 295 g/mol. The first kappa shape index (κ1) is 12.6. The Bertz CT molecular complexity index is 384. The number of carbonyl (C=O) groups excluding carboxylic acids is 1. The molecular weight excluding hydrogens is 278 g/mol. The lowest BCUT2D eigenvalue weighted by molar-refractivity contribution is -0.125. The van der Waals surface area contributed by atoms with Crippen molar-refractivity contribution >= 4 is 21.8 Å². The SMILES string of the molecule is CC(C(=O)NCc1ccc(CBr)cc1)C1CC1. The van der Waals surface area contributed by atoms with Crippen LogP contribution >= 0.6 is 15.9 Å². The zero-order valence-corrected chi connectivity index (χ0v) is 11.7. The average Bonchev–Trinajstić information content (AvgIpc) is 3.20. The van der Waals surface area contributed by atoms with Crippen molar-refractivity contribution in [3.05, 3.63) is 35.4 Å². The molecule has 0 spiro atoms.